The van der Waals surface area contributed by atoms with Gasteiger partial charge in [0.25, 0.3) is 5.91 Å². The lowest BCUT2D eigenvalue weighted by atomic mass is 9.95. The van der Waals surface area contributed by atoms with E-state index in [1.165, 1.54) is 0 Å². The number of aromatic nitrogens is 3. The van der Waals surface area contributed by atoms with Crippen molar-refractivity contribution in [3.8, 4) is 0 Å². The summed E-state index contributed by atoms with van der Waals surface area (Å²) >= 11 is 0. The Labute approximate surface area is 121 Å². The summed E-state index contributed by atoms with van der Waals surface area (Å²) in [5.74, 6) is -0.380. The maximum Gasteiger partial charge on any atom is 0.252 e. The van der Waals surface area contributed by atoms with Crippen molar-refractivity contribution < 1.29 is 9.59 Å². The molecule has 0 aliphatic carbocycles. The summed E-state index contributed by atoms with van der Waals surface area (Å²) in [6, 6.07) is 6.81. The van der Waals surface area contributed by atoms with Gasteiger partial charge in [-0.25, -0.2) is 0 Å². The van der Waals surface area contributed by atoms with Crippen LogP contribution in [0.5, 0.6) is 0 Å². The van der Waals surface area contributed by atoms with E-state index in [2.05, 4.69) is 26.0 Å². The van der Waals surface area contributed by atoms with Gasteiger partial charge < -0.3 is 10.6 Å². The fourth-order valence-corrected chi connectivity index (χ4v) is 2.37. The van der Waals surface area contributed by atoms with Crippen LogP contribution in [0.2, 0.25) is 0 Å². The molecule has 0 bridgehead atoms. The largest absolute Gasteiger partial charge is 0.354 e. The first-order valence-corrected chi connectivity index (χ1v) is 6.75. The standard InChI is InChI=1S/C14H15N5O2/c20-13-11-4-2-1-3-9(11)7-12(17-13)14(21)15-6-5-10-8-16-19-18-10/h1-4,8,12H,5-7H2,(H,15,21)(H,17,20)(H,16,18,19). The Morgan fingerprint density at radius 2 is 2.24 bits per heavy atom. The second-order valence-corrected chi connectivity index (χ2v) is 4.89. The number of aromatic amines is 1. The minimum absolute atomic E-state index is 0.179. The normalized spacial score (nSPS) is 17.0. The number of carbonyl (C=O) groups excluding carboxylic acids is 2. The van der Waals surface area contributed by atoms with E-state index in [0.29, 0.717) is 24.9 Å². The topological polar surface area (TPSA) is 99.8 Å². The molecule has 1 unspecified atom stereocenters. The molecule has 2 amide bonds. The summed E-state index contributed by atoms with van der Waals surface area (Å²) in [7, 11) is 0. The van der Waals surface area contributed by atoms with Gasteiger partial charge in [0.1, 0.15) is 6.04 Å². The van der Waals surface area contributed by atoms with Crippen LogP contribution in [-0.4, -0.2) is 39.8 Å². The summed E-state index contributed by atoms with van der Waals surface area (Å²) in [5, 5.41) is 15.7. The first kappa shape index (κ1) is 13.3. The fourth-order valence-electron chi connectivity index (χ4n) is 2.37. The van der Waals surface area contributed by atoms with Crippen molar-refractivity contribution in [2.24, 2.45) is 0 Å². The zero-order chi connectivity index (χ0) is 14.7. The zero-order valence-electron chi connectivity index (χ0n) is 11.3. The van der Waals surface area contributed by atoms with Crippen molar-refractivity contribution in [2.75, 3.05) is 6.54 Å². The predicted octanol–water partition coefficient (Wildman–Crippen LogP) is -0.182. The number of hydrogen-bond acceptors (Lipinski definition) is 4. The Bertz CT molecular complexity index is 653. The highest BCUT2D eigenvalue weighted by Crippen LogP contribution is 2.16. The summed E-state index contributed by atoms with van der Waals surface area (Å²) in [5.41, 5.74) is 2.33. The first-order chi connectivity index (χ1) is 10.2. The second-order valence-electron chi connectivity index (χ2n) is 4.89. The molecule has 3 rings (SSSR count). The van der Waals surface area contributed by atoms with E-state index in [4.69, 9.17) is 0 Å². The average Bonchev–Trinajstić information content (AvgIpc) is 3.00. The average molecular weight is 285 g/mol. The van der Waals surface area contributed by atoms with Crippen molar-refractivity contribution >= 4 is 11.8 Å². The third kappa shape index (κ3) is 2.91. The highest BCUT2D eigenvalue weighted by molar-refractivity contribution is 6.00. The van der Waals surface area contributed by atoms with Crippen LogP contribution in [0.25, 0.3) is 0 Å². The van der Waals surface area contributed by atoms with Crippen LogP contribution in [0.15, 0.2) is 30.5 Å². The quantitative estimate of drug-likeness (QED) is 0.725. The van der Waals surface area contributed by atoms with Crippen LogP contribution in [0, 0.1) is 0 Å². The molecule has 7 heteroatoms. The van der Waals surface area contributed by atoms with Gasteiger partial charge >= 0.3 is 0 Å². The molecule has 0 saturated carbocycles. The van der Waals surface area contributed by atoms with E-state index >= 15 is 0 Å². The summed E-state index contributed by atoms with van der Waals surface area (Å²) in [6.45, 7) is 0.458. The van der Waals surface area contributed by atoms with E-state index in [-0.39, 0.29) is 11.8 Å². The molecule has 7 nitrogen and oxygen atoms in total. The smallest absolute Gasteiger partial charge is 0.252 e. The number of H-pyrrole nitrogens is 1. The molecule has 0 radical (unpaired) electrons. The van der Waals surface area contributed by atoms with Crippen molar-refractivity contribution in [1.29, 1.82) is 0 Å². The van der Waals surface area contributed by atoms with Crippen molar-refractivity contribution in [2.45, 2.75) is 18.9 Å². The minimum atomic E-state index is -0.523. The number of rotatable bonds is 4. The monoisotopic (exact) mass is 285 g/mol. The Kier molecular flexibility index (Phi) is 3.63. The van der Waals surface area contributed by atoms with Gasteiger partial charge in [-0.2, -0.15) is 15.4 Å². The maximum atomic E-state index is 12.1. The summed E-state index contributed by atoms with van der Waals surface area (Å²) < 4.78 is 0. The van der Waals surface area contributed by atoms with Gasteiger partial charge in [0.2, 0.25) is 5.91 Å². The number of amides is 2. The highest BCUT2D eigenvalue weighted by Gasteiger charge is 2.28. The van der Waals surface area contributed by atoms with E-state index in [1.54, 1.807) is 12.3 Å². The lowest BCUT2D eigenvalue weighted by Gasteiger charge is -2.24. The molecule has 0 spiro atoms. The fraction of sp³-hybridized carbons (Fsp3) is 0.286. The molecule has 0 saturated heterocycles. The van der Waals surface area contributed by atoms with Crippen LogP contribution in [-0.2, 0) is 17.6 Å². The van der Waals surface area contributed by atoms with E-state index < -0.39 is 6.04 Å². The lowest BCUT2D eigenvalue weighted by Crippen LogP contribution is -2.51. The number of nitrogens with one attached hydrogen (secondary N) is 3. The lowest BCUT2D eigenvalue weighted by molar-refractivity contribution is -0.123. The number of nitrogens with zero attached hydrogens (tertiary/aromatic N) is 2. The highest BCUT2D eigenvalue weighted by atomic mass is 16.2. The summed E-state index contributed by atoms with van der Waals surface area (Å²) in [4.78, 5) is 24.1. The predicted molar refractivity (Wildman–Crippen MR) is 74.5 cm³/mol. The van der Waals surface area contributed by atoms with E-state index in [9.17, 15) is 9.59 Å². The third-order valence-electron chi connectivity index (χ3n) is 3.45. The van der Waals surface area contributed by atoms with Gasteiger partial charge in [-0.1, -0.05) is 18.2 Å². The van der Waals surface area contributed by atoms with Crippen LogP contribution < -0.4 is 10.6 Å². The van der Waals surface area contributed by atoms with Crippen LogP contribution in [0.1, 0.15) is 21.6 Å². The molecule has 2 aromatic rings. The number of fused-ring (bicyclic) bond motifs is 1. The summed E-state index contributed by atoms with van der Waals surface area (Å²) in [6.07, 6.45) is 2.72. The number of benzene rings is 1. The number of hydrogen-bond donors (Lipinski definition) is 3. The molecule has 2 heterocycles. The van der Waals surface area contributed by atoms with E-state index in [0.717, 1.165) is 11.3 Å². The van der Waals surface area contributed by atoms with Crippen molar-refractivity contribution in [1.82, 2.24) is 26.0 Å². The molecule has 21 heavy (non-hydrogen) atoms. The van der Waals surface area contributed by atoms with Gasteiger partial charge in [-0.3, -0.25) is 9.59 Å². The van der Waals surface area contributed by atoms with Crippen LogP contribution in [0.4, 0.5) is 0 Å². The third-order valence-corrected chi connectivity index (χ3v) is 3.45. The van der Waals surface area contributed by atoms with Gasteiger partial charge in [0.05, 0.1) is 11.9 Å². The molecular formula is C14H15N5O2. The Balaban J connectivity index is 1.58. The minimum Gasteiger partial charge on any atom is -0.354 e. The van der Waals surface area contributed by atoms with Crippen LogP contribution >= 0.6 is 0 Å². The SMILES string of the molecule is O=C1NC(C(=O)NCCc2cn[nH]n2)Cc2ccccc21. The van der Waals surface area contributed by atoms with Crippen molar-refractivity contribution in [3.05, 3.63) is 47.3 Å². The molecule has 1 aromatic carbocycles. The molecule has 1 aliphatic heterocycles. The zero-order valence-corrected chi connectivity index (χ0v) is 11.3. The van der Waals surface area contributed by atoms with Gasteiger partial charge in [-0.15, -0.1) is 0 Å². The number of carbonyl (C=O) groups is 2. The molecular weight excluding hydrogens is 270 g/mol. The van der Waals surface area contributed by atoms with Crippen molar-refractivity contribution in [3.63, 3.8) is 0 Å². The molecule has 1 atom stereocenters. The molecule has 0 fully saturated rings. The molecule has 3 N–H and O–H groups in total. The van der Waals surface area contributed by atoms with Gasteiger partial charge in [-0.05, 0) is 11.6 Å². The van der Waals surface area contributed by atoms with Gasteiger partial charge in [0.15, 0.2) is 0 Å². The van der Waals surface area contributed by atoms with Crippen LogP contribution in [0.3, 0.4) is 0 Å². The Morgan fingerprint density at radius 3 is 3.05 bits per heavy atom. The molecule has 108 valence electrons. The Hall–Kier alpha value is -2.70. The maximum absolute atomic E-state index is 12.1. The molecule has 1 aliphatic rings. The second kappa shape index (κ2) is 5.74. The molecule has 1 aromatic heterocycles. The Morgan fingerprint density at radius 1 is 1.38 bits per heavy atom. The van der Waals surface area contributed by atoms with Gasteiger partial charge in [0, 0.05) is 24.9 Å². The van der Waals surface area contributed by atoms with E-state index in [1.807, 2.05) is 18.2 Å². The first-order valence-electron chi connectivity index (χ1n) is 6.75.